The summed E-state index contributed by atoms with van der Waals surface area (Å²) in [5.74, 6) is 3.43. The number of aromatic nitrogens is 9. The lowest BCUT2D eigenvalue weighted by molar-refractivity contribution is 0.668. The molecule has 0 radical (unpaired) electrons. The van der Waals surface area contributed by atoms with Crippen molar-refractivity contribution in [1.29, 1.82) is 0 Å². The highest BCUT2D eigenvalue weighted by molar-refractivity contribution is 6.28. The first-order valence-electron chi connectivity index (χ1n) is 44.4. The smallest absolute Gasteiger partial charge is 0.164 e. The number of benzene rings is 19. The predicted octanol–water partition coefficient (Wildman–Crippen LogP) is 31.4. The molecule has 27 aromatic rings. The summed E-state index contributed by atoms with van der Waals surface area (Å²) < 4.78 is 26.7. The summed E-state index contributed by atoms with van der Waals surface area (Å²) in [6, 6.07) is 155. The summed E-state index contributed by atoms with van der Waals surface area (Å²) in [4.78, 5) is 31.5. The van der Waals surface area contributed by atoms with E-state index in [1.54, 1.807) is 0 Å². The Labute approximate surface area is 755 Å². The lowest BCUT2D eigenvalue weighted by Gasteiger charge is -2.21. The first-order chi connectivity index (χ1) is 65.5. The fraction of sp³-hybridized carbons (Fsp3) is 0. The zero-order valence-corrected chi connectivity index (χ0v) is 70.9. The summed E-state index contributed by atoms with van der Waals surface area (Å²) in [5.41, 5.74) is 28.6. The van der Waals surface area contributed by atoms with Gasteiger partial charge in [0.1, 0.15) is 33.5 Å². The lowest BCUT2D eigenvalue weighted by atomic mass is 9.92. The average Bonchev–Trinajstić information content (AvgIpc) is 1.55. The zero-order valence-electron chi connectivity index (χ0n) is 70.9. The third-order valence-corrected chi connectivity index (χ3v) is 25.8. The largest absolute Gasteiger partial charge is 0.456 e. The molecule has 616 valence electrons. The van der Waals surface area contributed by atoms with Crippen molar-refractivity contribution in [2.75, 3.05) is 0 Å². The number of hydrogen-bond acceptors (Lipinski definition) is 9. The van der Waals surface area contributed by atoms with Crippen LogP contribution in [0.2, 0.25) is 0 Å². The Morgan fingerprint density at radius 3 is 0.864 bits per heavy atom. The highest BCUT2D eigenvalue weighted by atomic mass is 16.3. The molecule has 0 aliphatic heterocycles. The van der Waals surface area contributed by atoms with E-state index < -0.39 is 0 Å². The molecular formula is C120H73N9O3. The first-order valence-corrected chi connectivity index (χ1v) is 44.4. The topological polar surface area (TPSA) is 132 Å². The van der Waals surface area contributed by atoms with Crippen LogP contribution in [-0.4, -0.2) is 43.6 Å². The Bertz CT molecular complexity index is 9140. The van der Waals surface area contributed by atoms with Gasteiger partial charge in [-0.3, -0.25) is 0 Å². The maximum absolute atomic E-state index is 6.55. The normalized spacial score (nSPS) is 11.8. The Hall–Kier alpha value is -18.0. The van der Waals surface area contributed by atoms with E-state index in [9.17, 15) is 0 Å². The van der Waals surface area contributed by atoms with E-state index in [4.69, 9.17) is 43.2 Å². The molecule has 0 fully saturated rings. The van der Waals surface area contributed by atoms with Crippen molar-refractivity contribution in [3.63, 3.8) is 0 Å². The molecule has 0 spiro atoms. The van der Waals surface area contributed by atoms with Crippen LogP contribution in [0.1, 0.15) is 0 Å². The van der Waals surface area contributed by atoms with Gasteiger partial charge in [-0.1, -0.05) is 328 Å². The molecule has 12 heteroatoms. The summed E-state index contributed by atoms with van der Waals surface area (Å²) in [5, 5.41) is 13.5. The number of para-hydroxylation sites is 7. The van der Waals surface area contributed by atoms with Gasteiger partial charge in [-0.05, 0) is 138 Å². The highest BCUT2D eigenvalue weighted by Crippen LogP contribution is 2.51. The minimum absolute atomic E-state index is 0.560. The lowest BCUT2D eigenvalue weighted by Crippen LogP contribution is -2.04. The van der Waals surface area contributed by atoms with E-state index in [1.807, 2.05) is 97.1 Å². The summed E-state index contributed by atoms with van der Waals surface area (Å²) in [6.07, 6.45) is 0. The Morgan fingerprint density at radius 2 is 0.447 bits per heavy atom. The maximum Gasteiger partial charge on any atom is 0.164 e. The van der Waals surface area contributed by atoms with Crippen molar-refractivity contribution in [1.82, 2.24) is 43.6 Å². The molecule has 8 aromatic heterocycles. The molecular weight excluding hydrogens is 1620 g/mol. The molecule has 0 N–H and O–H groups in total. The quantitative estimate of drug-likeness (QED) is 0.111. The fourth-order valence-electron chi connectivity index (χ4n) is 19.9. The average molecular weight is 1690 g/mol. The molecule has 0 saturated carbocycles. The number of rotatable bonds is 13. The van der Waals surface area contributed by atoms with E-state index in [1.165, 1.54) is 21.5 Å². The van der Waals surface area contributed by atoms with Gasteiger partial charge in [0.05, 0.1) is 49.9 Å². The molecule has 0 saturated heterocycles. The van der Waals surface area contributed by atoms with E-state index in [-0.39, 0.29) is 0 Å². The number of fused-ring (bicyclic) bond motifs is 20. The van der Waals surface area contributed by atoms with Crippen LogP contribution in [0.15, 0.2) is 456 Å². The summed E-state index contributed by atoms with van der Waals surface area (Å²) in [7, 11) is 0. The third kappa shape index (κ3) is 12.5. The predicted molar refractivity (Wildman–Crippen MR) is 539 cm³/mol. The zero-order chi connectivity index (χ0) is 86.9. The number of furan rings is 3. The van der Waals surface area contributed by atoms with Crippen molar-refractivity contribution < 1.29 is 13.3 Å². The summed E-state index contributed by atoms with van der Waals surface area (Å²) in [6.45, 7) is 0. The monoisotopic (exact) mass is 1690 g/mol. The SMILES string of the molecule is c1ccc(-c2nc(-c3cc(-c4ccccc4)c(-n4c5ccccc5c5ccc6c(c7ccccc7n6-c6ccccc6)c54)c(-c4ccccc4)c3)nc(-c3ccc4c(c3)oc3ccccc34)n2)cc1.c1ccc(-c2nc(-c3cc(-c4ccccc4)c(-n4c5ccccc5c5ccc6oc7ccccc7c6c54)c(-c4ccccc4)c3)nc(-c3ccc4c(c3)oc3ccccc34)n2)cc1. The van der Waals surface area contributed by atoms with Crippen LogP contribution in [0.3, 0.4) is 0 Å². The van der Waals surface area contributed by atoms with Gasteiger partial charge in [0.2, 0.25) is 0 Å². The van der Waals surface area contributed by atoms with Gasteiger partial charge in [-0.2, -0.15) is 0 Å². The molecule has 27 rings (SSSR count). The minimum atomic E-state index is 0.560. The fourth-order valence-corrected chi connectivity index (χ4v) is 19.9. The van der Waals surface area contributed by atoms with E-state index >= 15 is 0 Å². The van der Waals surface area contributed by atoms with Crippen LogP contribution in [-0.2, 0) is 0 Å². The Balaban J connectivity index is 0.000000139. The molecule has 19 aromatic carbocycles. The first kappa shape index (κ1) is 75.3. The van der Waals surface area contributed by atoms with Gasteiger partial charge in [0.25, 0.3) is 0 Å². The van der Waals surface area contributed by atoms with Crippen LogP contribution in [0, 0.1) is 0 Å². The molecule has 8 heterocycles. The van der Waals surface area contributed by atoms with Gasteiger partial charge >= 0.3 is 0 Å². The molecule has 0 aliphatic rings. The van der Waals surface area contributed by atoms with Crippen molar-refractivity contribution in [2.24, 2.45) is 0 Å². The van der Waals surface area contributed by atoms with Crippen LogP contribution in [0.5, 0.6) is 0 Å². The van der Waals surface area contributed by atoms with Crippen LogP contribution in [0.25, 0.3) is 261 Å². The van der Waals surface area contributed by atoms with Gasteiger partial charge in [0.15, 0.2) is 34.9 Å². The van der Waals surface area contributed by atoms with Gasteiger partial charge in [-0.15, -0.1) is 0 Å². The molecule has 0 bridgehead atoms. The second kappa shape index (κ2) is 31.0. The van der Waals surface area contributed by atoms with E-state index in [2.05, 4.69) is 359 Å². The van der Waals surface area contributed by atoms with Gasteiger partial charge in [-0.25, -0.2) is 29.9 Å². The van der Waals surface area contributed by atoms with Crippen molar-refractivity contribution in [3.8, 4) is 130 Å². The highest BCUT2D eigenvalue weighted by Gasteiger charge is 2.30. The van der Waals surface area contributed by atoms with E-state index in [0.717, 1.165) is 205 Å². The second-order valence-electron chi connectivity index (χ2n) is 33.4. The number of hydrogen-bond donors (Lipinski definition) is 0. The Morgan fingerprint density at radius 1 is 0.159 bits per heavy atom. The Kier molecular flexibility index (Phi) is 17.7. The number of nitrogens with zero attached hydrogens (tertiary/aromatic N) is 9. The van der Waals surface area contributed by atoms with Gasteiger partial charge < -0.3 is 27.0 Å². The second-order valence-corrected chi connectivity index (χ2v) is 33.4. The summed E-state index contributed by atoms with van der Waals surface area (Å²) >= 11 is 0. The molecule has 12 nitrogen and oxygen atoms in total. The van der Waals surface area contributed by atoms with E-state index in [0.29, 0.717) is 34.9 Å². The van der Waals surface area contributed by atoms with Crippen LogP contribution in [0.4, 0.5) is 0 Å². The molecule has 132 heavy (non-hydrogen) atoms. The molecule has 0 atom stereocenters. The maximum atomic E-state index is 6.55. The van der Waals surface area contributed by atoms with Gasteiger partial charge in [0, 0.05) is 121 Å². The molecule has 0 aliphatic carbocycles. The standard InChI is InChI=1S/C63H39N5O.C57H34N4O2/c1-5-19-40(20-6-1)51-37-44(63-65-61(42-23-9-3-10-24-42)64-62(66-63)43-33-34-48-47-28-15-18-32-56(47)69-57(48)39-43)38-52(41-21-7-2-8-22-41)59(51)68-53-30-16-13-27-46(53)49-35-36-55-58(60(49)68)50-29-14-17-31-54(50)67(55)45-25-11-4-12-26-45;1-4-16-35(17-5-1)45-32-39(57-59-55(37-20-8-3-9-21-37)58-56(60-57)38-28-29-42-41-23-11-14-26-48(41)63-51(42)34-38)33-46(36-18-6-2-7-19-36)53(45)61-47-25-13-10-22-40(47)43-30-31-50-52(54(43)61)44-24-12-15-27-49(44)62-50/h1-39H;1-34H. The van der Waals surface area contributed by atoms with Crippen molar-refractivity contribution in [2.45, 2.75) is 0 Å². The third-order valence-electron chi connectivity index (χ3n) is 25.8. The molecule has 0 unspecified atom stereocenters. The van der Waals surface area contributed by atoms with Crippen molar-refractivity contribution in [3.05, 3.63) is 443 Å². The minimum Gasteiger partial charge on any atom is -0.456 e. The molecule has 0 amide bonds. The van der Waals surface area contributed by atoms with Crippen LogP contribution < -0.4 is 0 Å². The van der Waals surface area contributed by atoms with Crippen molar-refractivity contribution >= 4 is 131 Å². The van der Waals surface area contributed by atoms with Crippen LogP contribution >= 0.6 is 0 Å².